The minimum atomic E-state index is -4.09. The normalized spacial score (nSPS) is 20.5. The summed E-state index contributed by atoms with van der Waals surface area (Å²) in [6.45, 7) is 1.43. The molecule has 0 aliphatic heterocycles. The van der Waals surface area contributed by atoms with Crippen molar-refractivity contribution in [3.8, 4) is 0 Å². The van der Waals surface area contributed by atoms with E-state index in [0.29, 0.717) is 18.4 Å². The first-order chi connectivity index (χ1) is 7.83. The van der Waals surface area contributed by atoms with E-state index in [-0.39, 0.29) is 18.6 Å². The minimum absolute atomic E-state index is 0.0809. The number of nitrogens with zero attached hydrogens (tertiary/aromatic N) is 2. The second kappa shape index (κ2) is 4.88. The van der Waals surface area contributed by atoms with Gasteiger partial charge in [-0.2, -0.15) is 4.79 Å². The van der Waals surface area contributed by atoms with Crippen LogP contribution in [-0.4, -0.2) is 37.0 Å². The highest BCUT2D eigenvalue weighted by atomic mass is 32.3. The zero-order valence-electron chi connectivity index (χ0n) is 9.66. The smallest absolute Gasteiger partial charge is 0.361 e. The lowest BCUT2D eigenvalue weighted by Crippen LogP contribution is -2.49. The molecule has 0 unspecified atom stereocenters. The van der Waals surface area contributed by atoms with Gasteiger partial charge in [-0.3, -0.25) is 0 Å². The highest BCUT2D eigenvalue weighted by molar-refractivity contribution is 8.17. The van der Waals surface area contributed by atoms with Crippen LogP contribution in [0.5, 0.6) is 0 Å². The van der Waals surface area contributed by atoms with E-state index in [0.717, 1.165) is 6.42 Å². The molecule has 0 aromatic carbocycles. The Labute approximate surface area is 101 Å². The Bertz CT molecular complexity index is 523. The SMILES string of the molecule is CCS(=O)(=O)C1(S(=O)(=O)C=[N+]=[N-])CCCCC1. The highest BCUT2D eigenvalue weighted by Crippen LogP contribution is 2.40. The quantitative estimate of drug-likeness (QED) is 0.328. The molecule has 0 radical (unpaired) electrons. The number of rotatable bonds is 4. The summed E-state index contributed by atoms with van der Waals surface area (Å²) in [6, 6.07) is 0. The second-order valence-electron chi connectivity index (χ2n) is 4.14. The molecular formula is C9H16N2O4S2. The van der Waals surface area contributed by atoms with Gasteiger partial charge in [0.25, 0.3) is 9.84 Å². The lowest BCUT2D eigenvalue weighted by Gasteiger charge is -2.32. The Kier molecular flexibility index (Phi) is 4.11. The summed E-state index contributed by atoms with van der Waals surface area (Å²) in [6.07, 6.45) is 2.09. The van der Waals surface area contributed by atoms with E-state index >= 15 is 0 Å². The first-order valence-corrected chi connectivity index (χ1v) is 8.67. The van der Waals surface area contributed by atoms with Gasteiger partial charge in [-0.05, 0) is 12.8 Å². The zero-order chi connectivity index (χ0) is 13.2. The fourth-order valence-corrected chi connectivity index (χ4v) is 6.79. The van der Waals surface area contributed by atoms with E-state index in [2.05, 4.69) is 4.79 Å². The van der Waals surface area contributed by atoms with Crippen LogP contribution in [0.1, 0.15) is 39.0 Å². The van der Waals surface area contributed by atoms with Gasteiger partial charge < -0.3 is 5.53 Å². The summed E-state index contributed by atoms with van der Waals surface area (Å²) >= 11 is 0. The molecule has 0 heterocycles. The standard InChI is InChI=1S/C9H16N2O4S2/c1-2-16(12,13)9(6-4-3-5-7-9)17(14,15)8-11-10/h8H,2-7H2,1H3. The van der Waals surface area contributed by atoms with E-state index in [4.69, 9.17) is 5.53 Å². The van der Waals surface area contributed by atoms with Crippen LogP contribution in [0.2, 0.25) is 0 Å². The highest BCUT2D eigenvalue weighted by Gasteiger charge is 2.55. The Morgan fingerprint density at radius 3 is 2.12 bits per heavy atom. The Morgan fingerprint density at radius 2 is 1.71 bits per heavy atom. The Morgan fingerprint density at radius 1 is 1.18 bits per heavy atom. The first kappa shape index (κ1) is 14.3. The van der Waals surface area contributed by atoms with Crippen LogP contribution in [0.4, 0.5) is 0 Å². The fraction of sp³-hybridized carbons (Fsp3) is 0.889. The Hall–Kier alpha value is -0.720. The Balaban J connectivity index is 3.45. The van der Waals surface area contributed by atoms with Crippen molar-refractivity contribution in [2.24, 2.45) is 0 Å². The van der Waals surface area contributed by atoms with Crippen molar-refractivity contribution in [1.82, 2.24) is 0 Å². The third-order valence-electron chi connectivity index (χ3n) is 3.27. The summed E-state index contributed by atoms with van der Waals surface area (Å²) in [5.41, 5.74) is 8.73. The fourth-order valence-electron chi connectivity index (χ4n) is 2.28. The van der Waals surface area contributed by atoms with Crippen molar-refractivity contribution >= 4 is 25.2 Å². The molecular weight excluding hydrogens is 264 g/mol. The summed E-state index contributed by atoms with van der Waals surface area (Å²) in [7, 11) is -7.85. The largest absolute Gasteiger partial charge is 0.371 e. The molecule has 0 bridgehead atoms. The molecule has 0 aromatic heterocycles. The molecule has 0 N–H and O–H groups in total. The maximum absolute atomic E-state index is 12.1. The van der Waals surface area contributed by atoms with Gasteiger partial charge in [0, 0.05) is 5.75 Å². The molecule has 1 saturated carbocycles. The molecule has 1 aliphatic rings. The van der Waals surface area contributed by atoms with E-state index in [1.807, 2.05) is 0 Å². The van der Waals surface area contributed by atoms with Crippen LogP contribution < -0.4 is 0 Å². The van der Waals surface area contributed by atoms with Gasteiger partial charge in [0.15, 0.2) is 13.9 Å². The van der Waals surface area contributed by atoms with E-state index in [1.165, 1.54) is 6.92 Å². The third-order valence-corrected chi connectivity index (χ3v) is 8.84. The molecule has 1 fully saturated rings. The van der Waals surface area contributed by atoms with Crippen molar-refractivity contribution in [3.05, 3.63) is 5.53 Å². The van der Waals surface area contributed by atoms with Gasteiger partial charge in [-0.1, -0.05) is 26.2 Å². The van der Waals surface area contributed by atoms with Crippen molar-refractivity contribution < 1.29 is 21.6 Å². The molecule has 98 valence electrons. The topological polar surface area (TPSA) is 105 Å². The van der Waals surface area contributed by atoms with Crippen molar-refractivity contribution in [2.75, 3.05) is 5.75 Å². The zero-order valence-corrected chi connectivity index (χ0v) is 11.3. The minimum Gasteiger partial charge on any atom is -0.361 e. The molecule has 17 heavy (non-hydrogen) atoms. The van der Waals surface area contributed by atoms with Crippen LogP contribution in [0, 0.1) is 0 Å². The van der Waals surface area contributed by atoms with Gasteiger partial charge in [0.2, 0.25) is 0 Å². The van der Waals surface area contributed by atoms with Gasteiger partial charge in [0.1, 0.15) is 0 Å². The molecule has 0 saturated heterocycles. The predicted molar refractivity (Wildman–Crippen MR) is 63.9 cm³/mol. The lowest BCUT2D eigenvalue weighted by atomic mass is 10.00. The molecule has 0 amide bonds. The number of sulfone groups is 2. The van der Waals surface area contributed by atoms with Gasteiger partial charge in [-0.15, -0.1) is 0 Å². The van der Waals surface area contributed by atoms with Crippen LogP contribution in [0.15, 0.2) is 0 Å². The number of hydrogen-bond acceptors (Lipinski definition) is 4. The molecule has 0 atom stereocenters. The van der Waals surface area contributed by atoms with Gasteiger partial charge in [-0.25, -0.2) is 16.8 Å². The molecule has 8 heteroatoms. The first-order valence-electron chi connectivity index (χ1n) is 5.47. The molecule has 6 nitrogen and oxygen atoms in total. The summed E-state index contributed by atoms with van der Waals surface area (Å²) in [4.78, 5) is 2.50. The molecule has 1 rings (SSSR count). The van der Waals surface area contributed by atoms with Crippen LogP contribution >= 0.6 is 0 Å². The second-order valence-corrected chi connectivity index (χ2v) is 9.07. The van der Waals surface area contributed by atoms with Crippen LogP contribution in [0.3, 0.4) is 0 Å². The monoisotopic (exact) mass is 280 g/mol. The van der Waals surface area contributed by atoms with Crippen molar-refractivity contribution in [3.63, 3.8) is 0 Å². The molecule has 0 spiro atoms. The summed E-state index contributed by atoms with van der Waals surface area (Å²) in [5.74, 6) is -0.231. The lowest BCUT2D eigenvalue weighted by molar-refractivity contribution is 0.00739. The van der Waals surface area contributed by atoms with E-state index in [9.17, 15) is 16.8 Å². The average Bonchev–Trinajstić information content (AvgIpc) is 2.29. The van der Waals surface area contributed by atoms with E-state index < -0.39 is 23.8 Å². The summed E-state index contributed by atoms with van der Waals surface area (Å²) in [5, 5.41) is 0. The predicted octanol–water partition coefficient (Wildman–Crippen LogP) is 0.754. The van der Waals surface area contributed by atoms with Crippen molar-refractivity contribution in [2.45, 2.75) is 43.1 Å². The average molecular weight is 280 g/mol. The number of hydrogen-bond donors (Lipinski definition) is 0. The van der Waals surface area contributed by atoms with Crippen LogP contribution in [-0.2, 0) is 19.7 Å². The molecule has 0 aromatic rings. The maximum Gasteiger partial charge on any atom is 0.371 e. The molecule has 1 aliphatic carbocycles. The van der Waals surface area contributed by atoms with Gasteiger partial charge in [0.05, 0.1) is 0 Å². The maximum atomic E-state index is 12.1. The third kappa shape index (κ3) is 2.29. The van der Waals surface area contributed by atoms with E-state index in [1.54, 1.807) is 0 Å². The van der Waals surface area contributed by atoms with Gasteiger partial charge >= 0.3 is 5.55 Å². The van der Waals surface area contributed by atoms with Crippen LogP contribution in [0.25, 0.3) is 5.53 Å². The van der Waals surface area contributed by atoms with Crippen molar-refractivity contribution in [1.29, 1.82) is 0 Å². The summed E-state index contributed by atoms with van der Waals surface area (Å²) < 4.78 is 46.4.